The molecule has 5 nitrogen and oxygen atoms in total. The molecule has 0 saturated carbocycles. The molecule has 0 radical (unpaired) electrons. The molecule has 1 aromatic heterocycles. The SMILES string of the molecule is Cc1csc(=Nc2ccc([N+](=O)[O-])cc2)n1C. The minimum atomic E-state index is -0.418. The van der Waals surface area contributed by atoms with Gasteiger partial charge in [0, 0.05) is 30.3 Å². The molecule has 6 heteroatoms. The van der Waals surface area contributed by atoms with Gasteiger partial charge in [-0.3, -0.25) is 10.1 Å². The fourth-order valence-corrected chi connectivity index (χ4v) is 2.20. The van der Waals surface area contributed by atoms with Crippen LogP contribution in [0.1, 0.15) is 5.69 Å². The molecule has 2 rings (SSSR count). The number of rotatable bonds is 2. The summed E-state index contributed by atoms with van der Waals surface area (Å²) in [6.07, 6.45) is 0. The Morgan fingerprint density at radius 3 is 2.47 bits per heavy atom. The summed E-state index contributed by atoms with van der Waals surface area (Å²) in [5, 5.41) is 12.5. The molecule has 0 N–H and O–H groups in total. The maximum Gasteiger partial charge on any atom is 0.269 e. The van der Waals surface area contributed by atoms with Crippen molar-refractivity contribution >= 4 is 22.7 Å². The second kappa shape index (κ2) is 4.50. The first-order valence-corrected chi connectivity index (χ1v) is 5.86. The molecule has 1 aromatic carbocycles. The third kappa shape index (κ3) is 2.42. The van der Waals surface area contributed by atoms with E-state index < -0.39 is 4.92 Å². The van der Waals surface area contributed by atoms with E-state index in [1.165, 1.54) is 12.1 Å². The van der Waals surface area contributed by atoms with Crippen molar-refractivity contribution in [2.75, 3.05) is 0 Å². The van der Waals surface area contributed by atoms with Crippen molar-refractivity contribution in [3.8, 4) is 0 Å². The van der Waals surface area contributed by atoms with Crippen LogP contribution < -0.4 is 4.80 Å². The molecule has 1 heterocycles. The minimum absolute atomic E-state index is 0.0793. The Balaban J connectivity index is 2.40. The number of nitro groups is 1. The first-order valence-electron chi connectivity index (χ1n) is 4.98. The number of aryl methyl sites for hydroxylation is 1. The number of nitrogens with zero attached hydrogens (tertiary/aromatic N) is 3. The van der Waals surface area contributed by atoms with Crippen LogP contribution in [-0.4, -0.2) is 9.49 Å². The highest BCUT2D eigenvalue weighted by Gasteiger charge is 2.03. The maximum absolute atomic E-state index is 10.5. The lowest BCUT2D eigenvalue weighted by molar-refractivity contribution is -0.384. The van der Waals surface area contributed by atoms with Crippen molar-refractivity contribution in [1.82, 2.24) is 4.57 Å². The Morgan fingerprint density at radius 2 is 2.00 bits per heavy atom. The average molecular weight is 249 g/mol. The fourth-order valence-electron chi connectivity index (χ4n) is 1.31. The molecule has 88 valence electrons. The van der Waals surface area contributed by atoms with Gasteiger partial charge in [-0.15, -0.1) is 11.3 Å². The minimum Gasteiger partial charge on any atom is -0.324 e. The third-order valence-corrected chi connectivity index (χ3v) is 3.47. The van der Waals surface area contributed by atoms with Crippen LogP contribution in [0.25, 0.3) is 0 Å². The molecule has 0 unspecified atom stereocenters. The number of non-ortho nitro benzene ring substituents is 1. The lowest BCUT2D eigenvalue weighted by Gasteiger charge is -1.95. The number of hydrogen-bond acceptors (Lipinski definition) is 4. The number of hydrogen-bond donors (Lipinski definition) is 0. The van der Waals surface area contributed by atoms with E-state index in [2.05, 4.69) is 4.99 Å². The predicted molar refractivity (Wildman–Crippen MR) is 66.3 cm³/mol. The summed E-state index contributed by atoms with van der Waals surface area (Å²) < 4.78 is 1.98. The molecule has 0 aliphatic heterocycles. The van der Waals surface area contributed by atoms with E-state index in [0.29, 0.717) is 5.69 Å². The van der Waals surface area contributed by atoms with Gasteiger partial charge in [0.15, 0.2) is 4.80 Å². The van der Waals surface area contributed by atoms with Gasteiger partial charge < -0.3 is 4.57 Å². The molecular formula is C11H11N3O2S. The number of benzene rings is 1. The van der Waals surface area contributed by atoms with Crippen molar-refractivity contribution in [1.29, 1.82) is 0 Å². The summed E-state index contributed by atoms with van der Waals surface area (Å²) in [5.41, 5.74) is 1.93. The molecule has 0 spiro atoms. The molecular weight excluding hydrogens is 238 g/mol. The molecule has 0 aliphatic carbocycles. The smallest absolute Gasteiger partial charge is 0.269 e. The summed E-state index contributed by atoms with van der Waals surface area (Å²) in [6.45, 7) is 2.01. The lowest BCUT2D eigenvalue weighted by Crippen LogP contribution is -2.10. The largest absolute Gasteiger partial charge is 0.324 e. The normalized spacial score (nSPS) is 11.8. The molecule has 0 bridgehead atoms. The van der Waals surface area contributed by atoms with Gasteiger partial charge in [0.05, 0.1) is 10.6 Å². The topological polar surface area (TPSA) is 60.4 Å². The van der Waals surface area contributed by atoms with Gasteiger partial charge in [0.25, 0.3) is 5.69 Å². The van der Waals surface area contributed by atoms with Crippen LogP contribution in [0.3, 0.4) is 0 Å². The quantitative estimate of drug-likeness (QED) is 0.606. The Bertz CT molecular complexity index is 610. The Morgan fingerprint density at radius 1 is 1.35 bits per heavy atom. The van der Waals surface area contributed by atoms with Crippen LogP contribution in [0, 0.1) is 17.0 Å². The van der Waals surface area contributed by atoms with E-state index in [9.17, 15) is 10.1 Å². The summed E-state index contributed by atoms with van der Waals surface area (Å²) in [4.78, 5) is 15.4. The van der Waals surface area contributed by atoms with E-state index in [0.717, 1.165) is 10.5 Å². The Labute approximate surface area is 102 Å². The zero-order chi connectivity index (χ0) is 12.4. The first kappa shape index (κ1) is 11.5. The summed E-state index contributed by atoms with van der Waals surface area (Å²) >= 11 is 1.54. The van der Waals surface area contributed by atoms with Gasteiger partial charge in [0.1, 0.15) is 0 Å². The second-order valence-electron chi connectivity index (χ2n) is 3.60. The summed E-state index contributed by atoms with van der Waals surface area (Å²) in [5.74, 6) is 0. The van der Waals surface area contributed by atoms with Crippen molar-refractivity contribution < 1.29 is 4.92 Å². The fraction of sp³-hybridized carbons (Fsp3) is 0.182. The average Bonchev–Trinajstić information content (AvgIpc) is 2.62. The maximum atomic E-state index is 10.5. The molecule has 0 atom stereocenters. The summed E-state index contributed by atoms with van der Waals surface area (Å²) in [6, 6.07) is 6.21. The first-order chi connectivity index (χ1) is 8.08. The van der Waals surface area contributed by atoms with Crippen molar-refractivity contribution in [2.24, 2.45) is 12.0 Å². The molecule has 0 aliphatic rings. The van der Waals surface area contributed by atoms with E-state index >= 15 is 0 Å². The molecule has 2 aromatic rings. The van der Waals surface area contributed by atoms with Crippen LogP contribution in [0.15, 0.2) is 34.6 Å². The molecule has 0 amide bonds. The zero-order valence-electron chi connectivity index (χ0n) is 9.45. The second-order valence-corrected chi connectivity index (χ2v) is 4.44. The van der Waals surface area contributed by atoms with Crippen LogP contribution in [0.2, 0.25) is 0 Å². The standard InChI is InChI=1S/C11H11N3O2S/c1-8-7-17-11(13(8)2)12-9-3-5-10(6-4-9)14(15)16/h3-7H,1-2H3. The van der Waals surface area contributed by atoms with Gasteiger partial charge in [-0.1, -0.05) is 0 Å². The number of thiazole rings is 1. The van der Waals surface area contributed by atoms with Crippen LogP contribution in [0.5, 0.6) is 0 Å². The Hall–Kier alpha value is -1.95. The predicted octanol–water partition coefficient (Wildman–Crippen LogP) is 2.54. The monoisotopic (exact) mass is 249 g/mol. The Kier molecular flexibility index (Phi) is 3.06. The van der Waals surface area contributed by atoms with Gasteiger partial charge >= 0.3 is 0 Å². The van der Waals surface area contributed by atoms with Crippen LogP contribution in [0.4, 0.5) is 11.4 Å². The van der Waals surface area contributed by atoms with Crippen molar-refractivity contribution in [3.05, 3.63) is 50.3 Å². The third-order valence-electron chi connectivity index (χ3n) is 2.44. The van der Waals surface area contributed by atoms with Crippen LogP contribution >= 0.6 is 11.3 Å². The highest BCUT2D eigenvalue weighted by molar-refractivity contribution is 7.07. The van der Waals surface area contributed by atoms with Crippen molar-refractivity contribution in [3.63, 3.8) is 0 Å². The van der Waals surface area contributed by atoms with Gasteiger partial charge in [-0.2, -0.15) is 0 Å². The number of aromatic nitrogens is 1. The van der Waals surface area contributed by atoms with Crippen LogP contribution in [-0.2, 0) is 7.05 Å². The number of nitro benzene ring substituents is 1. The van der Waals surface area contributed by atoms with Gasteiger partial charge in [-0.25, -0.2) is 4.99 Å². The lowest BCUT2D eigenvalue weighted by atomic mass is 10.3. The molecule has 0 fully saturated rings. The molecule has 0 saturated heterocycles. The van der Waals surface area contributed by atoms with E-state index in [1.807, 2.05) is 23.9 Å². The summed E-state index contributed by atoms with van der Waals surface area (Å²) in [7, 11) is 1.94. The highest BCUT2D eigenvalue weighted by atomic mass is 32.1. The molecule has 17 heavy (non-hydrogen) atoms. The highest BCUT2D eigenvalue weighted by Crippen LogP contribution is 2.17. The van der Waals surface area contributed by atoms with Gasteiger partial charge in [-0.05, 0) is 19.1 Å². The van der Waals surface area contributed by atoms with E-state index in [-0.39, 0.29) is 5.69 Å². The van der Waals surface area contributed by atoms with Gasteiger partial charge in [0.2, 0.25) is 0 Å². The van der Waals surface area contributed by atoms with E-state index in [1.54, 1.807) is 23.5 Å². The van der Waals surface area contributed by atoms with E-state index in [4.69, 9.17) is 0 Å². The zero-order valence-corrected chi connectivity index (χ0v) is 10.3. The van der Waals surface area contributed by atoms with Crippen molar-refractivity contribution in [2.45, 2.75) is 6.92 Å².